The monoisotopic (exact) mass is 452 g/mol. The van der Waals surface area contributed by atoms with Crippen molar-refractivity contribution in [3.63, 3.8) is 0 Å². The molecule has 1 N–H and O–H groups in total. The quantitative estimate of drug-likeness (QED) is 0.187. The number of hydrogen-bond acceptors (Lipinski definition) is 7. The summed E-state index contributed by atoms with van der Waals surface area (Å²) in [6.07, 6.45) is 8.61. The molecule has 0 bridgehead atoms. The van der Waals surface area contributed by atoms with Gasteiger partial charge in [-0.25, -0.2) is 4.98 Å². The first-order valence-electron chi connectivity index (χ1n) is 10.6. The fourth-order valence-corrected chi connectivity index (χ4v) is 2.96. The first kappa shape index (κ1) is 31.5. The predicted molar refractivity (Wildman–Crippen MR) is 116 cm³/mol. The number of carboxylic acids is 2. The maximum atomic E-state index is 12.6. The van der Waals surface area contributed by atoms with Crippen LogP contribution in [0.4, 0.5) is 5.69 Å². The molecule has 0 aliphatic heterocycles. The van der Waals surface area contributed by atoms with Crippen LogP contribution in [0.25, 0.3) is 6.08 Å². The molecule has 0 spiro atoms. The molecule has 34 heavy (non-hydrogen) atoms. The molecule has 0 atom stereocenters. The number of carbonyl (C=O) groups excluding carboxylic acids is 3. The second kappa shape index (κ2) is 17.0. The number of ether oxygens (including phenoxy) is 1. The average molecular weight is 452 g/mol. The van der Waals surface area contributed by atoms with Crippen molar-refractivity contribution >= 4 is 29.6 Å². The van der Waals surface area contributed by atoms with Gasteiger partial charge in [0.15, 0.2) is 0 Å². The molecular formula is C24H26Li2N2O6. The van der Waals surface area contributed by atoms with Gasteiger partial charge in [0.25, 0.3) is 5.91 Å². The first-order valence-corrected chi connectivity index (χ1v) is 10.6. The molecule has 2 rings (SSSR count). The number of unbranched alkanes of at least 4 members (excludes halogenated alkanes) is 5. The van der Waals surface area contributed by atoms with E-state index >= 15 is 0 Å². The smallest absolute Gasteiger partial charge is 0.545 e. The Morgan fingerprint density at radius 2 is 1.71 bits per heavy atom. The average Bonchev–Trinajstić information content (AvgIpc) is 2.77. The molecule has 0 aliphatic rings. The molecule has 0 radical (unpaired) electrons. The largest absolute Gasteiger partial charge is 1.00 e. The summed E-state index contributed by atoms with van der Waals surface area (Å²) in [5, 5.41) is 24.4. The van der Waals surface area contributed by atoms with Crippen molar-refractivity contribution in [2.24, 2.45) is 0 Å². The van der Waals surface area contributed by atoms with Crippen molar-refractivity contribution in [3.8, 4) is 5.75 Å². The zero-order valence-corrected chi connectivity index (χ0v) is 20.0. The number of carbonyl (C=O) groups is 3. The Morgan fingerprint density at radius 1 is 1.00 bits per heavy atom. The summed E-state index contributed by atoms with van der Waals surface area (Å²) < 4.78 is 5.74. The molecular weight excluding hydrogens is 426 g/mol. The second-order valence-electron chi connectivity index (χ2n) is 7.17. The van der Waals surface area contributed by atoms with Crippen LogP contribution in [0.1, 0.15) is 72.0 Å². The summed E-state index contributed by atoms with van der Waals surface area (Å²) in [4.78, 5) is 38.5. The van der Waals surface area contributed by atoms with Crippen molar-refractivity contribution in [1.29, 1.82) is 0 Å². The van der Waals surface area contributed by atoms with Gasteiger partial charge in [-0.15, -0.1) is 0 Å². The molecule has 0 fully saturated rings. The van der Waals surface area contributed by atoms with Gasteiger partial charge in [0.05, 0.1) is 18.5 Å². The van der Waals surface area contributed by atoms with Gasteiger partial charge < -0.3 is 29.9 Å². The fourth-order valence-electron chi connectivity index (χ4n) is 2.96. The Balaban J connectivity index is 0.00000544. The zero-order valence-electron chi connectivity index (χ0n) is 20.0. The number of aromatic carboxylic acids is 1. The minimum atomic E-state index is -1.40. The van der Waals surface area contributed by atoms with Crippen LogP contribution < -0.4 is 58.0 Å². The van der Waals surface area contributed by atoms with Gasteiger partial charge >= 0.3 is 37.7 Å². The van der Waals surface area contributed by atoms with Crippen molar-refractivity contribution in [3.05, 3.63) is 59.4 Å². The summed E-state index contributed by atoms with van der Waals surface area (Å²) in [6.45, 7) is 2.61. The van der Waals surface area contributed by atoms with Gasteiger partial charge in [-0.05, 0) is 48.4 Å². The van der Waals surface area contributed by atoms with Crippen LogP contribution in [-0.2, 0) is 4.79 Å². The number of aliphatic carboxylic acids is 1. The summed E-state index contributed by atoms with van der Waals surface area (Å²) in [5.74, 6) is -3.00. The Hall–Kier alpha value is -2.49. The van der Waals surface area contributed by atoms with E-state index in [0.29, 0.717) is 12.4 Å². The fraction of sp³-hybridized carbons (Fsp3) is 0.333. The molecule has 1 aromatic heterocycles. The van der Waals surface area contributed by atoms with Crippen molar-refractivity contribution in [2.75, 3.05) is 11.9 Å². The molecule has 2 aromatic rings. The molecule has 170 valence electrons. The van der Waals surface area contributed by atoms with Gasteiger partial charge in [-0.3, -0.25) is 4.79 Å². The molecule has 0 aliphatic carbocycles. The van der Waals surface area contributed by atoms with E-state index in [1.165, 1.54) is 55.7 Å². The van der Waals surface area contributed by atoms with E-state index < -0.39 is 17.8 Å². The van der Waals surface area contributed by atoms with E-state index in [9.17, 15) is 24.6 Å². The normalized spacial score (nSPS) is 10.1. The van der Waals surface area contributed by atoms with Crippen LogP contribution in [0.15, 0.2) is 42.5 Å². The van der Waals surface area contributed by atoms with E-state index in [4.69, 9.17) is 4.74 Å². The van der Waals surface area contributed by atoms with Gasteiger partial charge in [-0.2, -0.15) is 0 Å². The van der Waals surface area contributed by atoms with E-state index in [1.807, 2.05) is 0 Å². The summed E-state index contributed by atoms with van der Waals surface area (Å²) in [6, 6.07) is 8.61. The summed E-state index contributed by atoms with van der Waals surface area (Å²) in [5.41, 5.74) is 0.366. The van der Waals surface area contributed by atoms with Gasteiger partial charge in [0, 0.05) is 5.69 Å². The summed E-state index contributed by atoms with van der Waals surface area (Å²) >= 11 is 0. The SMILES string of the molecule is CCCCCCCCOc1ccc(C(=O)Nc2cccc(C(=O)[O-])c2)nc1/C=C/C(=O)[O-].[Li+].[Li+]. The number of rotatable bonds is 13. The van der Waals surface area contributed by atoms with E-state index in [-0.39, 0.29) is 60.4 Å². The molecule has 8 nitrogen and oxygen atoms in total. The second-order valence-corrected chi connectivity index (χ2v) is 7.17. The third kappa shape index (κ3) is 11.1. The zero-order chi connectivity index (χ0) is 23.3. The van der Waals surface area contributed by atoms with Crippen LogP contribution in [0, 0.1) is 0 Å². The number of benzene rings is 1. The molecule has 0 unspecified atom stereocenters. The van der Waals surface area contributed by atoms with E-state index in [0.717, 1.165) is 25.3 Å². The first-order chi connectivity index (χ1) is 15.4. The van der Waals surface area contributed by atoms with Crippen molar-refractivity contribution in [2.45, 2.75) is 45.4 Å². The third-order valence-electron chi connectivity index (χ3n) is 4.61. The number of nitrogens with one attached hydrogen (secondary N) is 1. The topological polar surface area (TPSA) is 131 Å². The van der Waals surface area contributed by atoms with E-state index in [2.05, 4.69) is 17.2 Å². The van der Waals surface area contributed by atoms with Crippen LogP contribution in [-0.4, -0.2) is 29.4 Å². The predicted octanol–water partition coefficient (Wildman–Crippen LogP) is -3.79. The minimum absolute atomic E-state index is 0. The van der Waals surface area contributed by atoms with E-state index in [1.54, 1.807) is 6.07 Å². The molecule has 0 saturated carbocycles. The van der Waals surface area contributed by atoms with Gasteiger partial charge in [0.2, 0.25) is 0 Å². The number of pyridine rings is 1. The van der Waals surface area contributed by atoms with Crippen LogP contribution in [0.2, 0.25) is 0 Å². The number of amides is 1. The third-order valence-corrected chi connectivity index (χ3v) is 4.61. The van der Waals surface area contributed by atoms with Crippen LogP contribution in [0.3, 0.4) is 0 Å². The maximum Gasteiger partial charge on any atom is 1.00 e. The molecule has 10 heteroatoms. The number of carboxylic acid groups (broad SMARTS) is 2. The molecule has 1 aromatic carbocycles. The summed E-state index contributed by atoms with van der Waals surface area (Å²) in [7, 11) is 0. The molecule has 1 heterocycles. The number of nitrogens with zero attached hydrogens (tertiary/aromatic N) is 1. The standard InChI is InChI=1S/C24H28N2O6.2Li/c1-2-3-4-5-6-7-15-32-21-13-11-20(26-19(21)12-14-22(27)28)23(29)25-18-10-8-9-17(16-18)24(30)31;;/h8-14,16H,2-7,15H2,1H3,(H,25,29)(H,27,28)(H,30,31);;/q;2*+1/p-2/b14-12+;;. The van der Waals surface area contributed by atoms with Crippen LogP contribution in [0.5, 0.6) is 5.75 Å². The molecule has 0 saturated heterocycles. The van der Waals surface area contributed by atoms with Gasteiger partial charge in [0.1, 0.15) is 17.1 Å². The number of hydrogen-bond donors (Lipinski definition) is 1. The Bertz CT molecular complexity index is 982. The van der Waals surface area contributed by atoms with Crippen LogP contribution >= 0.6 is 0 Å². The Labute approximate surface area is 223 Å². The van der Waals surface area contributed by atoms with Crippen molar-refractivity contribution < 1.29 is 67.1 Å². The number of anilines is 1. The van der Waals surface area contributed by atoms with Crippen molar-refractivity contribution in [1.82, 2.24) is 4.98 Å². The maximum absolute atomic E-state index is 12.6. The minimum Gasteiger partial charge on any atom is -0.545 e. The number of aromatic nitrogens is 1. The molecule has 1 amide bonds. The Kier molecular flexibility index (Phi) is 15.8. The van der Waals surface area contributed by atoms with Gasteiger partial charge in [-0.1, -0.05) is 51.2 Å². The Morgan fingerprint density at radius 3 is 2.38 bits per heavy atom.